The van der Waals surface area contributed by atoms with Gasteiger partial charge in [-0.25, -0.2) is 4.79 Å². The number of carbonyl (C=O) groups excluding carboxylic acids is 3. The Hall–Kier alpha value is -2.86. The minimum Gasteiger partial charge on any atom is -0.461 e. The van der Waals surface area contributed by atoms with Crippen molar-refractivity contribution in [2.75, 3.05) is 19.7 Å². The summed E-state index contributed by atoms with van der Waals surface area (Å²) in [6.07, 6.45) is 1.57. The first kappa shape index (κ1) is 22.4. The average Bonchev–Trinajstić information content (AvgIpc) is 2.90. The Morgan fingerprint density at radius 2 is 1.83 bits per heavy atom. The molecule has 0 spiro atoms. The first-order chi connectivity index (χ1) is 13.7. The number of nitrogens with zero attached hydrogens (tertiary/aromatic N) is 2. The predicted molar refractivity (Wildman–Crippen MR) is 113 cm³/mol. The van der Waals surface area contributed by atoms with E-state index in [0.29, 0.717) is 33.1 Å². The van der Waals surface area contributed by atoms with Crippen molar-refractivity contribution >= 4 is 29.3 Å². The molecule has 154 valence electrons. The van der Waals surface area contributed by atoms with E-state index in [0.717, 1.165) is 0 Å². The first-order valence-electron chi connectivity index (χ1n) is 9.24. The number of ether oxygens (including phenoxy) is 1. The molecule has 1 aromatic carbocycles. The third kappa shape index (κ3) is 4.77. The second kappa shape index (κ2) is 9.56. The molecule has 0 saturated carbocycles. The van der Waals surface area contributed by atoms with Crippen LogP contribution in [0.25, 0.3) is 0 Å². The summed E-state index contributed by atoms with van der Waals surface area (Å²) in [5, 5.41) is 0.523. The van der Waals surface area contributed by atoms with Gasteiger partial charge in [0.1, 0.15) is 5.69 Å². The fourth-order valence-electron chi connectivity index (χ4n) is 3.28. The molecule has 0 radical (unpaired) electrons. The van der Waals surface area contributed by atoms with Crippen molar-refractivity contribution in [3.05, 3.63) is 70.0 Å². The van der Waals surface area contributed by atoms with Gasteiger partial charge in [-0.1, -0.05) is 17.7 Å². The van der Waals surface area contributed by atoms with Crippen LogP contribution in [0.2, 0.25) is 5.02 Å². The molecule has 0 aliphatic heterocycles. The van der Waals surface area contributed by atoms with Gasteiger partial charge in [0.25, 0.3) is 5.91 Å². The number of benzene rings is 1. The van der Waals surface area contributed by atoms with Crippen molar-refractivity contribution in [2.24, 2.45) is 7.05 Å². The van der Waals surface area contributed by atoms with Crippen LogP contribution in [0.5, 0.6) is 0 Å². The van der Waals surface area contributed by atoms with Gasteiger partial charge in [-0.3, -0.25) is 9.59 Å². The zero-order chi connectivity index (χ0) is 21.7. The number of aromatic nitrogens is 1. The fourth-order valence-corrected chi connectivity index (χ4v) is 3.41. The number of esters is 1. The van der Waals surface area contributed by atoms with Gasteiger partial charge in [0.15, 0.2) is 5.78 Å². The molecule has 0 atom stereocenters. The van der Waals surface area contributed by atoms with E-state index < -0.39 is 5.97 Å². The van der Waals surface area contributed by atoms with Gasteiger partial charge in [0.2, 0.25) is 0 Å². The number of Topliss-reactive ketones (excluding diaryl/α,β-unsaturated/α-hetero) is 1. The average molecular weight is 417 g/mol. The summed E-state index contributed by atoms with van der Waals surface area (Å²) in [6, 6.07) is 6.48. The molecule has 0 N–H and O–H groups in total. The molecule has 0 aliphatic rings. The fraction of sp³-hybridized carbons (Fsp3) is 0.318. The van der Waals surface area contributed by atoms with Gasteiger partial charge in [0, 0.05) is 35.4 Å². The maximum atomic E-state index is 13.1. The molecule has 6 nitrogen and oxygen atoms in total. The van der Waals surface area contributed by atoms with Crippen LogP contribution in [0, 0.1) is 13.8 Å². The number of hydrogen-bond donors (Lipinski definition) is 0. The van der Waals surface area contributed by atoms with E-state index in [-0.39, 0.29) is 31.4 Å². The van der Waals surface area contributed by atoms with Crippen LogP contribution in [-0.2, 0) is 11.8 Å². The highest BCUT2D eigenvalue weighted by molar-refractivity contribution is 6.30. The lowest BCUT2D eigenvalue weighted by atomic mass is 10.0. The zero-order valence-electron chi connectivity index (χ0n) is 17.1. The molecule has 0 fully saturated rings. The maximum Gasteiger partial charge on any atom is 0.355 e. The molecule has 0 aliphatic carbocycles. The van der Waals surface area contributed by atoms with Crippen LogP contribution < -0.4 is 0 Å². The molecule has 2 rings (SSSR count). The Kier molecular flexibility index (Phi) is 7.40. The van der Waals surface area contributed by atoms with E-state index >= 15 is 0 Å². The summed E-state index contributed by atoms with van der Waals surface area (Å²) >= 11 is 5.89. The van der Waals surface area contributed by atoms with Crippen LogP contribution in [-0.4, -0.2) is 46.8 Å². The van der Waals surface area contributed by atoms with Crippen LogP contribution >= 0.6 is 11.6 Å². The zero-order valence-corrected chi connectivity index (χ0v) is 17.9. The summed E-state index contributed by atoms with van der Waals surface area (Å²) in [6.45, 7) is 9.20. The quantitative estimate of drug-likeness (QED) is 0.371. The summed E-state index contributed by atoms with van der Waals surface area (Å²) in [4.78, 5) is 39.6. The molecule has 1 aromatic heterocycles. The number of ketones is 1. The van der Waals surface area contributed by atoms with E-state index in [1.807, 2.05) is 0 Å². The van der Waals surface area contributed by atoms with E-state index in [1.54, 1.807) is 62.7 Å². The monoisotopic (exact) mass is 416 g/mol. The second-order valence-electron chi connectivity index (χ2n) is 6.62. The van der Waals surface area contributed by atoms with Crippen LogP contribution in [0.3, 0.4) is 0 Å². The molecule has 2 aromatic rings. The predicted octanol–water partition coefficient (Wildman–Crippen LogP) is 3.98. The number of halogens is 1. The lowest BCUT2D eigenvalue weighted by Crippen LogP contribution is -2.36. The molecular formula is C22H25ClN2O4. The van der Waals surface area contributed by atoms with E-state index in [9.17, 15) is 14.4 Å². The van der Waals surface area contributed by atoms with Crippen molar-refractivity contribution in [1.29, 1.82) is 0 Å². The molecule has 1 heterocycles. The van der Waals surface area contributed by atoms with E-state index in [1.165, 1.54) is 4.90 Å². The lowest BCUT2D eigenvalue weighted by molar-refractivity contribution is 0.0514. The van der Waals surface area contributed by atoms with Crippen LogP contribution in [0.1, 0.15) is 49.4 Å². The topological polar surface area (TPSA) is 68.6 Å². The molecule has 1 amide bonds. The normalized spacial score (nSPS) is 10.5. The van der Waals surface area contributed by atoms with Gasteiger partial charge in [-0.15, -0.1) is 6.58 Å². The van der Waals surface area contributed by atoms with Crippen molar-refractivity contribution in [2.45, 2.75) is 20.8 Å². The van der Waals surface area contributed by atoms with Crippen LogP contribution in [0.4, 0.5) is 0 Å². The standard InChI is InChI=1S/C22H25ClN2O4/c1-6-12-25(21(27)16-8-10-17(23)11-9-16)13-18(26)19-14(3)20(22(28)29-7-2)24(5)15(19)4/h6,8-11H,1,7,12-13H2,2-5H3. The smallest absolute Gasteiger partial charge is 0.355 e. The highest BCUT2D eigenvalue weighted by Crippen LogP contribution is 2.23. The van der Waals surface area contributed by atoms with E-state index in [2.05, 4.69) is 6.58 Å². The minimum atomic E-state index is -0.477. The van der Waals surface area contributed by atoms with Crippen LogP contribution in [0.15, 0.2) is 36.9 Å². The Balaban J connectivity index is 2.34. The third-order valence-electron chi connectivity index (χ3n) is 4.74. The molecule has 29 heavy (non-hydrogen) atoms. The van der Waals surface area contributed by atoms with Gasteiger partial charge >= 0.3 is 5.97 Å². The molecule has 0 unspecified atom stereocenters. The highest BCUT2D eigenvalue weighted by Gasteiger charge is 2.27. The summed E-state index contributed by atoms with van der Waals surface area (Å²) < 4.78 is 6.76. The Morgan fingerprint density at radius 1 is 1.21 bits per heavy atom. The first-order valence-corrected chi connectivity index (χ1v) is 9.62. The van der Waals surface area contributed by atoms with Gasteiger partial charge in [0.05, 0.1) is 13.2 Å². The van der Waals surface area contributed by atoms with E-state index in [4.69, 9.17) is 16.3 Å². The van der Waals surface area contributed by atoms with Gasteiger partial charge in [-0.05, 0) is 50.6 Å². The van der Waals surface area contributed by atoms with Crippen molar-refractivity contribution in [3.63, 3.8) is 0 Å². The van der Waals surface area contributed by atoms with Crippen molar-refractivity contribution < 1.29 is 19.1 Å². The number of rotatable bonds is 8. The summed E-state index contributed by atoms with van der Waals surface area (Å²) in [7, 11) is 1.71. The SMILES string of the molecule is C=CCN(CC(=O)c1c(C)c(C(=O)OCC)n(C)c1C)C(=O)c1ccc(Cl)cc1. The summed E-state index contributed by atoms with van der Waals surface area (Å²) in [5.74, 6) is -1.03. The molecule has 0 saturated heterocycles. The Morgan fingerprint density at radius 3 is 2.38 bits per heavy atom. The van der Waals surface area contributed by atoms with Crippen molar-refractivity contribution in [1.82, 2.24) is 9.47 Å². The molecular weight excluding hydrogens is 392 g/mol. The number of hydrogen-bond acceptors (Lipinski definition) is 4. The largest absolute Gasteiger partial charge is 0.461 e. The third-order valence-corrected chi connectivity index (χ3v) is 4.99. The van der Waals surface area contributed by atoms with Crippen molar-refractivity contribution in [3.8, 4) is 0 Å². The second-order valence-corrected chi connectivity index (χ2v) is 7.05. The maximum absolute atomic E-state index is 13.1. The Labute approximate surface area is 175 Å². The minimum absolute atomic E-state index is 0.137. The highest BCUT2D eigenvalue weighted by atomic mass is 35.5. The lowest BCUT2D eigenvalue weighted by Gasteiger charge is -2.21. The number of amides is 1. The summed E-state index contributed by atoms with van der Waals surface area (Å²) in [5.41, 5.74) is 2.39. The van der Waals surface area contributed by atoms with Gasteiger partial charge < -0.3 is 14.2 Å². The molecule has 0 bridgehead atoms. The Bertz CT molecular complexity index is 945. The molecule has 7 heteroatoms. The number of carbonyl (C=O) groups is 3. The van der Waals surface area contributed by atoms with Gasteiger partial charge in [-0.2, -0.15) is 0 Å².